The second kappa shape index (κ2) is 7.36. The summed E-state index contributed by atoms with van der Waals surface area (Å²) in [4.78, 5) is 26.9. The second-order valence-electron chi connectivity index (χ2n) is 6.45. The van der Waals surface area contributed by atoms with Crippen LogP contribution in [0, 0.1) is 20.8 Å². The molecule has 0 radical (unpaired) electrons. The number of aryl methyl sites for hydroxylation is 2. The molecule has 0 fully saturated rings. The largest absolute Gasteiger partial charge is 0.319 e. The van der Waals surface area contributed by atoms with Gasteiger partial charge in [-0.2, -0.15) is 0 Å². The summed E-state index contributed by atoms with van der Waals surface area (Å²) in [6, 6.07) is 11.6. The molecule has 0 aliphatic heterocycles. The van der Waals surface area contributed by atoms with Gasteiger partial charge in [0.2, 0.25) is 5.95 Å². The highest BCUT2D eigenvalue weighted by Gasteiger charge is 2.12. The van der Waals surface area contributed by atoms with E-state index in [2.05, 4.69) is 26.3 Å². The number of rotatable bonds is 4. The number of thiophene rings is 1. The first-order chi connectivity index (χ1) is 13.5. The van der Waals surface area contributed by atoms with Crippen LogP contribution < -0.4 is 5.32 Å². The van der Waals surface area contributed by atoms with Crippen LogP contribution in [0.3, 0.4) is 0 Å². The Morgan fingerprint density at radius 1 is 1.04 bits per heavy atom. The van der Waals surface area contributed by atoms with Crippen LogP contribution in [0.1, 0.15) is 27.6 Å². The Bertz CT molecular complexity index is 1110. The number of nitrogens with zero attached hydrogens (tertiary/aromatic N) is 4. The van der Waals surface area contributed by atoms with Gasteiger partial charge in [0.25, 0.3) is 5.91 Å². The number of nitrogens with one attached hydrogen (secondary N) is 1. The van der Waals surface area contributed by atoms with Crippen molar-refractivity contribution in [3.63, 3.8) is 0 Å². The van der Waals surface area contributed by atoms with Gasteiger partial charge in [0.05, 0.1) is 23.8 Å². The fraction of sp³-hybridized carbons (Fsp3) is 0.143. The smallest absolute Gasteiger partial charge is 0.255 e. The summed E-state index contributed by atoms with van der Waals surface area (Å²) >= 11 is 1.67. The van der Waals surface area contributed by atoms with Gasteiger partial charge >= 0.3 is 0 Å². The maximum absolute atomic E-state index is 12.5. The summed E-state index contributed by atoms with van der Waals surface area (Å²) in [6.07, 6.45) is 3.21. The van der Waals surface area contributed by atoms with E-state index in [9.17, 15) is 4.79 Å². The van der Waals surface area contributed by atoms with E-state index in [1.165, 1.54) is 4.88 Å². The van der Waals surface area contributed by atoms with Crippen molar-refractivity contribution in [1.82, 2.24) is 19.5 Å². The van der Waals surface area contributed by atoms with Crippen LogP contribution in [0.25, 0.3) is 16.4 Å². The lowest BCUT2D eigenvalue weighted by Crippen LogP contribution is -2.13. The highest BCUT2D eigenvalue weighted by molar-refractivity contribution is 7.13. The Kier molecular flexibility index (Phi) is 4.75. The van der Waals surface area contributed by atoms with Gasteiger partial charge in [-0.05, 0) is 49.9 Å². The zero-order chi connectivity index (χ0) is 19.7. The fourth-order valence-electron chi connectivity index (χ4n) is 3.01. The van der Waals surface area contributed by atoms with Gasteiger partial charge in [0.1, 0.15) is 5.82 Å². The van der Waals surface area contributed by atoms with E-state index in [0.717, 1.165) is 22.8 Å². The number of imidazole rings is 1. The maximum atomic E-state index is 12.5. The molecule has 140 valence electrons. The molecule has 7 heteroatoms. The average Bonchev–Trinajstić information content (AvgIpc) is 3.32. The molecular weight excluding hydrogens is 370 g/mol. The van der Waals surface area contributed by atoms with Crippen molar-refractivity contribution >= 4 is 22.9 Å². The number of carbonyl (C=O) groups is 1. The summed E-state index contributed by atoms with van der Waals surface area (Å²) < 4.78 is 1.89. The highest BCUT2D eigenvalue weighted by atomic mass is 32.1. The second-order valence-corrected chi connectivity index (χ2v) is 7.39. The van der Waals surface area contributed by atoms with E-state index in [0.29, 0.717) is 17.2 Å². The van der Waals surface area contributed by atoms with Crippen LogP contribution in [0.15, 0.2) is 54.2 Å². The zero-order valence-electron chi connectivity index (χ0n) is 15.8. The van der Waals surface area contributed by atoms with E-state index < -0.39 is 0 Å². The molecule has 1 N–H and O–H groups in total. The molecule has 28 heavy (non-hydrogen) atoms. The summed E-state index contributed by atoms with van der Waals surface area (Å²) in [5.74, 6) is 1.17. The molecule has 0 unspecified atom stereocenters. The molecule has 0 saturated heterocycles. The summed E-state index contributed by atoms with van der Waals surface area (Å²) in [5.41, 5.74) is 4.18. The van der Waals surface area contributed by atoms with Crippen LogP contribution in [0.2, 0.25) is 0 Å². The van der Waals surface area contributed by atoms with Gasteiger partial charge in [-0.15, -0.1) is 11.3 Å². The third kappa shape index (κ3) is 3.44. The van der Waals surface area contributed by atoms with Crippen molar-refractivity contribution in [2.45, 2.75) is 20.8 Å². The van der Waals surface area contributed by atoms with Crippen LogP contribution in [-0.2, 0) is 0 Å². The summed E-state index contributed by atoms with van der Waals surface area (Å²) in [5, 5.41) is 4.87. The first-order valence-corrected chi connectivity index (χ1v) is 9.71. The zero-order valence-corrected chi connectivity index (χ0v) is 16.6. The molecule has 0 saturated carbocycles. The number of hydrogen-bond donors (Lipinski definition) is 1. The van der Waals surface area contributed by atoms with E-state index in [1.54, 1.807) is 23.7 Å². The lowest BCUT2D eigenvalue weighted by atomic mass is 10.1. The molecule has 4 aromatic rings. The van der Waals surface area contributed by atoms with Gasteiger partial charge in [-0.1, -0.05) is 18.2 Å². The van der Waals surface area contributed by atoms with Gasteiger partial charge in [-0.3, -0.25) is 9.36 Å². The lowest BCUT2D eigenvalue weighted by molar-refractivity contribution is 0.102. The first-order valence-electron chi connectivity index (χ1n) is 8.83. The minimum atomic E-state index is -0.195. The van der Waals surface area contributed by atoms with E-state index in [4.69, 9.17) is 0 Å². The fourth-order valence-corrected chi connectivity index (χ4v) is 3.74. The van der Waals surface area contributed by atoms with Gasteiger partial charge in [0, 0.05) is 16.1 Å². The highest BCUT2D eigenvalue weighted by Crippen LogP contribution is 2.25. The van der Waals surface area contributed by atoms with E-state index in [-0.39, 0.29) is 5.91 Å². The van der Waals surface area contributed by atoms with Gasteiger partial charge in [-0.25, -0.2) is 15.0 Å². The molecular formula is C21H19N5OS. The number of carbonyl (C=O) groups excluding carboxylic acids is 1. The maximum Gasteiger partial charge on any atom is 0.255 e. The monoisotopic (exact) mass is 389 g/mol. The third-order valence-corrected chi connectivity index (χ3v) is 5.48. The molecule has 6 nitrogen and oxygen atoms in total. The van der Waals surface area contributed by atoms with Crippen molar-refractivity contribution in [2.75, 3.05) is 5.32 Å². The van der Waals surface area contributed by atoms with Crippen molar-refractivity contribution < 1.29 is 4.79 Å². The molecule has 3 heterocycles. The Hall–Kier alpha value is -3.32. The average molecular weight is 389 g/mol. The predicted molar refractivity (Wildman–Crippen MR) is 111 cm³/mol. The lowest BCUT2D eigenvalue weighted by Gasteiger charge is -2.08. The standard InChI is InChI=1S/C21H19N5OS/c1-13-14(2)26(15(3)24-13)21-22-11-18(12-23-21)25-20(27)17-8-6-16(7-9-17)19-5-4-10-28-19/h4-12H,1-3H3,(H,25,27). The molecule has 1 amide bonds. The van der Waals surface area contributed by atoms with Gasteiger partial charge < -0.3 is 5.32 Å². The molecule has 0 bridgehead atoms. The predicted octanol–water partition coefficient (Wildman–Crippen LogP) is 4.57. The van der Waals surface area contributed by atoms with Crippen LogP contribution in [0.5, 0.6) is 0 Å². The van der Waals surface area contributed by atoms with E-state index in [1.807, 2.05) is 61.1 Å². The molecule has 1 aromatic carbocycles. The quantitative estimate of drug-likeness (QED) is 0.555. The normalized spacial score (nSPS) is 10.8. The minimum absolute atomic E-state index is 0.195. The van der Waals surface area contributed by atoms with Crippen LogP contribution in [0.4, 0.5) is 5.69 Å². The number of anilines is 1. The first kappa shape index (κ1) is 18.1. The number of aromatic nitrogens is 4. The minimum Gasteiger partial charge on any atom is -0.319 e. The number of amides is 1. The number of benzene rings is 1. The van der Waals surface area contributed by atoms with Crippen LogP contribution in [-0.4, -0.2) is 25.4 Å². The topological polar surface area (TPSA) is 72.7 Å². The summed E-state index contributed by atoms with van der Waals surface area (Å²) in [7, 11) is 0. The molecule has 0 spiro atoms. The van der Waals surface area contributed by atoms with Gasteiger partial charge in [0.15, 0.2) is 0 Å². The SMILES string of the molecule is Cc1nc(C)n(-c2ncc(NC(=O)c3ccc(-c4cccs4)cc3)cn2)c1C. The van der Waals surface area contributed by atoms with Crippen LogP contribution >= 0.6 is 11.3 Å². The van der Waals surface area contributed by atoms with Crippen molar-refractivity contribution in [3.05, 3.63) is 76.9 Å². The molecule has 0 aliphatic rings. The Morgan fingerprint density at radius 3 is 2.32 bits per heavy atom. The van der Waals surface area contributed by atoms with Crippen molar-refractivity contribution in [3.8, 4) is 16.4 Å². The van der Waals surface area contributed by atoms with Crippen molar-refractivity contribution in [2.24, 2.45) is 0 Å². The molecule has 0 atom stereocenters. The third-order valence-electron chi connectivity index (χ3n) is 4.56. The Balaban J connectivity index is 1.49. The Labute approximate surface area is 166 Å². The Morgan fingerprint density at radius 2 is 1.75 bits per heavy atom. The summed E-state index contributed by atoms with van der Waals surface area (Å²) in [6.45, 7) is 5.85. The molecule has 3 aromatic heterocycles. The van der Waals surface area contributed by atoms with Crippen molar-refractivity contribution in [1.29, 1.82) is 0 Å². The number of hydrogen-bond acceptors (Lipinski definition) is 5. The molecule has 0 aliphatic carbocycles. The van der Waals surface area contributed by atoms with E-state index >= 15 is 0 Å². The molecule has 4 rings (SSSR count).